The van der Waals surface area contributed by atoms with Crippen molar-refractivity contribution in [1.29, 1.82) is 0 Å². The van der Waals surface area contributed by atoms with E-state index in [9.17, 15) is 37.5 Å². The minimum atomic E-state index is -4.66. The fraction of sp³-hybridized carbons (Fsp3) is 0.390. The highest BCUT2D eigenvalue weighted by Crippen LogP contribution is 2.48. The van der Waals surface area contributed by atoms with E-state index >= 15 is 0 Å². The van der Waals surface area contributed by atoms with Crippen LogP contribution >= 0.6 is 11.6 Å². The third kappa shape index (κ3) is 7.99. The van der Waals surface area contributed by atoms with Crippen LogP contribution in [0.3, 0.4) is 0 Å². The number of nitrogens with zero attached hydrogens (tertiary/aromatic N) is 6. The number of carbonyl (C=O) groups is 3. The first-order valence-corrected chi connectivity index (χ1v) is 19.7. The molecule has 1 saturated heterocycles. The summed E-state index contributed by atoms with van der Waals surface area (Å²) in [6, 6.07) is 10.2. The van der Waals surface area contributed by atoms with E-state index in [2.05, 4.69) is 20.7 Å². The lowest BCUT2D eigenvalue weighted by atomic mass is 9.85. The van der Waals surface area contributed by atoms with Gasteiger partial charge in [-0.2, -0.15) is 22.7 Å². The van der Waals surface area contributed by atoms with Gasteiger partial charge in [0.2, 0.25) is 11.7 Å². The lowest BCUT2D eigenvalue weighted by molar-refractivity contribution is -0.137. The van der Waals surface area contributed by atoms with Gasteiger partial charge in [0.1, 0.15) is 23.5 Å². The van der Waals surface area contributed by atoms with Gasteiger partial charge in [0.15, 0.2) is 11.5 Å². The number of carbonyl (C=O) groups excluding carboxylic acids is 3. The molecule has 0 unspecified atom stereocenters. The molecular formula is C41H40ClF3N8O8. The average Bonchev–Trinajstić information content (AvgIpc) is 3.76. The Balaban J connectivity index is 1.18. The fourth-order valence-electron chi connectivity index (χ4n) is 8.07. The molecule has 20 heteroatoms. The van der Waals surface area contributed by atoms with Crippen LogP contribution in [0.2, 0.25) is 5.02 Å². The predicted octanol–water partition coefficient (Wildman–Crippen LogP) is 6.29. The van der Waals surface area contributed by atoms with Crippen LogP contribution in [0.5, 0.6) is 5.75 Å². The molecule has 6 heterocycles. The molecule has 3 N–H and O–H groups in total. The fourth-order valence-corrected chi connectivity index (χ4v) is 8.30. The van der Waals surface area contributed by atoms with E-state index in [1.807, 2.05) is 0 Å². The first-order valence-electron chi connectivity index (χ1n) is 19.3. The van der Waals surface area contributed by atoms with Gasteiger partial charge >= 0.3 is 12.3 Å². The molecule has 1 spiro atoms. The lowest BCUT2D eigenvalue weighted by Gasteiger charge is -2.39. The standard InChI is InChI=1S/C41H40ClF3N8O8/c1-21-33-31(40(60-21)11-14-51(15-12-40)36(57)32-29(54)6-5-13-46-32)35(56)53-37(52(33)18-30(55)47-27-10-9-24(17-26(27)42)41(43,44)45)49-34(50-53)22-7-8-23-19-59-20-28(25(23)16-22)48-38(58)61-39(2,3)4/h5-10,13,16-17,21,28,54H,11-12,14-15,18-20H2,1-4H3,(H,47,55)(H,48,58)/t21-,28-/m1/s1. The van der Waals surface area contributed by atoms with Crippen LogP contribution in [0.25, 0.3) is 17.2 Å². The minimum Gasteiger partial charge on any atom is -0.505 e. The topological polar surface area (TPSA) is 192 Å². The first kappa shape index (κ1) is 41.7. The van der Waals surface area contributed by atoms with Crippen LogP contribution in [0.4, 0.5) is 23.7 Å². The molecule has 16 nitrogen and oxygen atoms in total. The normalized spacial score (nSPS) is 18.5. The number of aromatic hydroxyl groups is 1. The summed E-state index contributed by atoms with van der Waals surface area (Å²) in [4.78, 5) is 65.0. The average molecular weight is 865 g/mol. The van der Waals surface area contributed by atoms with Gasteiger partial charge in [-0.3, -0.25) is 14.4 Å². The summed E-state index contributed by atoms with van der Waals surface area (Å²) < 4.78 is 60.5. The lowest BCUT2D eigenvalue weighted by Crippen LogP contribution is -2.47. The molecule has 5 aromatic rings. The second-order valence-corrected chi connectivity index (χ2v) is 16.5. The second-order valence-electron chi connectivity index (χ2n) is 16.1. The van der Waals surface area contributed by atoms with Crippen LogP contribution in [-0.4, -0.2) is 77.4 Å². The summed E-state index contributed by atoms with van der Waals surface area (Å²) in [6.07, 6.45) is -4.34. The van der Waals surface area contributed by atoms with Gasteiger partial charge in [-0.1, -0.05) is 23.7 Å². The Labute approximate surface area is 350 Å². The molecule has 0 bridgehead atoms. The number of nitrogens with one attached hydrogen (secondary N) is 2. The van der Waals surface area contributed by atoms with Crippen LogP contribution in [0.15, 0.2) is 59.5 Å². The summed E-state index contributed by atoms with van der Waals surface area (Å²) in [7, 11) is 0. The number of anilines is 1. The number of hydrogen-bond acceptors (Lipinski definition) is 11. The van der Waals surface area contributed by atoms with Gasteiger partial charge in [-0.25, -0.2) is 9.78 Å². The number of amides is 3. The summed E-state index contributed by atoms with van der Waals surface area (Å²) in [5, 5.41) is 20.0. The molecule has 3 aliphatic heterocycles. The van der Waals surface area contributed by atoms with Crippen molar-refractivity contribution in [3.8, 4) is 17.1 Å². The highest BCUT2D eigenvalue weighted by Gasteiger charge is 2.51. The van der Waals surface area contributed by atoms with Gasteiger partial charge in [0, 0.05) is 24.8 Å². The number of piperidine rings is 1. The van der Waals surface area contributed by atoms with Crippen molar-refractivity contribution in [2.75, 3.05) is 25.0 Å². The SMILES string of the molecule is C[C@H]1OC2(CCN(C(=O)c3ncccc3O)CC2)c2c1n(CC(=O)Nc1ccc(C(F)(F)F)cc1Cl)c1nc(-c3ccc4c(c3)[C@H](NC(=O)OC(C)(C)C)COC4)nn1c2=O. The molecule has 320 valence electrons. The van der Waals surface area contributed by atoms with Gasteiger partial charge in [0.25, 0.3) is 11.5 Å². The van der Waals surface area contributed by atoms with E-state index in [1.54, 1.807) is 45.9 Å². The van der Waals surface area contributed by atoms with E-state index < -0.39 is 65.1 Å². The molecule has 1 fully saturated rings. The predicted molar refractivity (Wildman–Crippen MR) is 212 cm³/mol. The van der Waals surface area contributed by atoms with Crippen molar-refractivity contribution in [3.05, 3.63) is 104 Å². The maximum atomic E-state index is 14.7. The highest BCUT2D eigenvalue weighted by atomic mass is 35.5. The number of rotatable bonds is 6. The molecular weight excluding hydrogens is 825 g/mol. The van der Waals surface area contributed by atoms with Gasteiger partial charge in [-0.15, -0.1) is 5.10 Å². The molecule has 8 rings (SSSR count). The van der Waals surface area contributed by atoms with E-state index in [0.717, 1.165) is 27.8 Å². The molecule has 3 amide bonds. The molecule has 3 aromatic heterocycles. The molecule has 0 aliphatic carbocycles. The summed E-state index contributed by atoms with van der Waals surface area (Å²) >= 11 is 6.19. The smallest absolute Gasteiger partial charge is 0.416 e. The summed E-state index contributed by atoms with van der Waals surface area (Å²) in [5.41, 5.74) is -1.16. The van der Waals surface area contributed by atoms with E-state index in [0.29, 0.717) is 17.3 Å². The summed E-state index contributed by atoms with van der Waals surface area (Å²) in [5.74, 6) is -1.37. The summed E-state index contributed by atoms with van der Waals surface area (Å²) in [6.45, 7) is 7.18. The number of halogens is 4. The van der Waals surface area contributed by atoms with E-state index in [4.69, 9.17) is 30.8 Å². The molecule has 3 aliphatic rings. The Hall–Kier alpha value is -6.05. The maximum Gasteiger partial charge on any atom is 0.416 e. The van der Waals surface area contributed by atoms with Gasteiger partial charge in [0.05, 0.1) is 52.9 Å². The third-order valence-electron chi connectivity index (χ3n) is 10.8. The van der Waals surface area contributed by atoms with Crippen LogP contribution in [-0.2, 0) is 43.9 Å². The van der Waals surface area contributed by atoms with Crippen molar-refractivity contribution in [2.45, 2.75) is 83.2 Å². The molecule has 61 heavy (non-hydrogen) atoms. The number of ether oxygens (including phenoxy) is 3. The number of aromatic nitrogens is 5. The van der Waals surface area contributed by atoms with Crippen molar-refractivity contribution in [2.24, 2.45) is 0 Å². The largest absolute Gasteiger partial charge is 0.505 e. The first-order chi connectivity index (χ1) is 28.8. The number of benzene rings is 2. The second kappa shape index (κ2) is 15.4. The Kier molecular flexibility index (Phi) is 10.6. The number of likely N-dealkylation sites (tertiary alicyclic amines) is 1. The molecule has 0 radical (unpaired) electrons. The monoisotopic (exact) mass is 864 g/mol. The number of alkyl carbamates (subject to hydrolysis) is 1. The van der Waals surface area contributed by atoms with Crippen LogP contribution in [0, 0.1) is 0 Å². The van der Waals surface area contributed by atoms with Gasteiger partial charge < -0.3 is 39.4 Å². The van der Waals surface area contributed by atoms with Gasteiger partial charge in [-0.05, 0) is 88.1 Å². The molecule has 2 aromatic carbocycles. The van der Waals surface area contributed by atoms with Crippen LogP contribution in [0.1, 0.15) is 91.1 Å². The zero-order valence-corrected chi connectivity index (χ0v) is 34.1. The number of fused-ring (bicyclic) bond motifs is 4. The number of alkyl halides is 3. The van der Waals surface area contributed by atoms with Crippen molar-refractivity contribution in [1.82, 2.24) is 34.4 Å². The van der Waals surface area contributed by atoms with E-state index in [1.165, 1.54) is 27.8 Å². The Morgan fingerprint density at radius 2 is 1.84 bits per heavy atom. The zero-order valence-electron chi connectivity index (χ0n) is 33.3. The zero-order chi connectivity index (χ0) is 43.6. The van der Waals surface area contributed by atoms with Crippen LogP contribution < -0.4 is 16.2 Å². The molecule has 2 atom stereocenters. The molecule has 0 saturated carbocycles. The number of hydrogen-bond donors (Lipinski definition) is 3. The van der Waals surface area contributed by atoms with Crippen molar-refractivity contribution < 1.29 is 46.9 Å². The minimum absolute atomic E-state index is 0.0253. The van der Waals surface area contributed by atoms with Crippen molar-refractivity contribution >= 4 is 41.0 Å². The third-order valence-corrected chi connectivity index (χ3v) is 11.1. The Morgan fingerprint density at radius 1 is 1.08 bits per heavy atom. The Bertz CT molecular complexity index is 2650. The Morgan fingerprint density at radius 3 is 2.52 bits per heavy atom. The number of pyridine rings is 1. The highest BCUT2D eigenvalue weighted by molar-refractivity contribution is 6.33. The quantitative estimate of drug-likeness (QED) is 0.174. The maximum absolute atomic E-state index is 14.7. The van der Waals surface area contributed by atoms with Crippen molar-refractivity contribution in [3.63, 3.8) is 0 Å². The van der Waals surface area contributed by atoms with E-state index in [-0.39, 0.29) is 78.5 Å².